The molecular weight excluding hydrogens is 553 g/mol. The number of aliphatic carboxylic acids is 1. The standard InChI is InChI=1S/C24H26N4O4S.C2HF3O2/c1-17-7-6-8-20(13-17)28-12-11-27(16-18(28)2)23-22(14-19(15-25-23)24(29)30)26-33(31,32)21-9-4-3-5-10-21;3-2(4,5)1(6)7/h3-10,13-15,18,26H,11-12,16H2,1-2H3,(H,29,30);(H,6,7). The second-order valence-electron chi connectivity index (χ2n) is 8.95. The van der Waals surface area contributed by atoms with Crippen LogP contribution in [0.2, 0.25) is 0 Å². The third-order valence-electron chi connectivity index (χ3n) is 5.91. The van der Waals surface area contributed by atoms with Gasteiger partial charge in [0.05, 0.1) is 16.1 Å². The molecule has 3 aromatic rings. The number of aromatic carboxylic acids is 1. The predicted octanol–water partition coefficient (Wildman–Crippen LogP) is 4.24. The number of sulfonamides is 1. The second kappa shape index (κ2) is 12.2. The molecule has 1 fully saturated rings. The highest BCUT2D eigenvalue weighted by Crippen LogP contribution is 2.30. The van der Waals surface area contributed by atoms with Gasteiger partial charge < -0.3 is 20.0 Å². The monoisotopic (exact) mass is 580 g/mol. The topological polar surface area (TPSA) is 140 Å². The number of hydrogen-bond donors (Lipinski definition) is 3. The van der Waals surface area contributed by atoms with E-state index in [-0.39, 0.29) is 22.2 Å². The Balaban J connectivity index is 0.000000559. The Morgan fingerprint density at radius 2 is 1.68 bits per heavy atom. The number of pyridine rings is 1. The molecule has 0 saturated carbocycles. The molecule has 1 aliphatic heterocycles. The Kier molecular flexibility index (Phi) is 9.24. The van der Waals surface area contributed by atoms with Crippen LogP contribution in [0.5, 0.6) is 0 Å². The number of piperazine rings is 1. The van der Waals surface area contributed by atoms with Crippen LogP contribution in [-0.4, -0.2) is 67.4 Å². The number of carboxylic acids is 2. The number of nitrogens with one attached hydrogen (secondary N) is 1. The highest BCUT2D eigenvalue weighted by molar-refractivity contribution is 7.92. The summed E-state index contributed by atoms with van der Waals surface area (Å²) in [6, 6.07) is 17.7. The molecule has 2 aromatic carbocycles. The summed E-state index contributed by atoms with van der Waals surface area (Å²) in [4.78, 5) is 29.2. The van der Waals surface area contributed by atoms with E-state index in [1.165, 1.54) is 30.0 Å². The molecule has 4 rings (SSSR count). The maximum atomic E-state index is 12.9. The number of hydrogen-bond acceptors (Lipinski definition) is 7. The van der Waals surface area contributed by atoms with Gasteiger partial charge in [0.25, 0.3) is 10.0 Å². The fraction of sp³-hybridized carbons (Fsp3) is 0.269. The first-order valence-electron chi connectivity index (χ1n) is 11.9. The van der Waals surface area contributed by atoms with Crippen LogP contribution in [0.1, 0.15) is 22.8 Å². The van der Waals surface area contributed by atoms with Crippen molar-refractivity contribution in [1.82, 2.24) is 4.98 Å². The SMILES string of the molecule is Cc1cccc(N2CCN(c3ncc(C(=O)O)cc3NS(=O)(=O)c3ccccc3)CC2C)c1.O=C(O)C(F)(F)F. The summed E-state index contributed by atoms with van der Waals surface area (Å²) in [6.07, 6.45) is -3.82. The first-order chi connectivity index (χ1) is 18.7. The van der Waals surface area contributed by atoms with Crippen LogP contribution in [0.15, 0.2) is 71.8 Å². The van der Waals surface area contributed by atoms with Gasteiger partial charge in [-0.05, 0) is 49.7 Å². The van der Waals surface area contributed by atoms with Crippen LogP contribution in [0, 0.1) is 6.92 Å². The van der Waals surface area contributed by atoms with Gasteiger partial charge in [-0.15, -0.1) is 0 Å². The summed E-state index contributed by atoms with van der Waals surface area (Å²) < 4.78 is 60.2. The van der Waals surface area contributed by atoms with Gasteiger partial charge in [-0.2, -0.15) is 13.2 Å². The van der Waals surface area contributed by atoms with Gasteiger partial charge >= 0.3 is 18.1 Å². The molecule has 10 nitrogen and oxygen atoms in total. The molecule has 1 saturated heterocycles. The third-order valence-corrected chi connectivity index (χ3v) is 7.30. The summed E-state index contributed by atoms with van der Waals surface area (Å²) in [5.74, 6) is -3.52. The number of aromatic nitrogens is 1. The van der Waals surface area contributed by atoms with E-state index in [1.807, 2.05) is 11.0 Å². The zero-order valence-electron chi connectivity index (χ0n) is 21.5. The molecule has 0 aliphatic carbocycles. The Morgan fingerprint density at radius 3 is 2.23 bits per heavy atom. The lowest BCUT2D eigenvalue weighted by Crippen LogP contribution is -2.52. The van der Waals surface area contributed by atoms with Crippen molar-refractivity contribution < 1.29 is 41.4 Å². The van der Waals surface area contributed by atoms with E-state index in [4.69, 9.17) is 9.90 Å². The van der Waals surface area contributed by atoms with Gasteiger partial charge in [0.1, 0.15) is 0 Å². The number of nitrogens with zero attached hydrogens (tertiary/aromatic N) is 3. The Labute approximate surface area is 228 Å². The number of anilines is 3. The first-order valence-corrected chi connectivity index (χ1v) is 13.4. The van der Waals surface area contributed by atoms with E-state index in [2.05, 4.69) is 46.7 Å². The molecule has 0 amide bonds. The smallest absolute Gasteiger partial charge is 0.478 e. The minimum absolute atomic E-state index is 0.0871. The molecule has 14 heteroatoms. The van der Waals surface area contributed by atoms with Crippen LogP contribution in [-0.2, 0) is 14.8 Å². The van der Waals surface area contributed by atoms with Gasteiger partial charge in [0.2, 0.25) is 0 Å². The van der Waals surface area contributed by atoms with Crippen LogP contribution < -0.4 is 14.5 Å². The van der Waals surface area contributed by atoms with Gasteiger partial charge in [0.15, 0.2) is 5.82 Å². The summed E-state index contributed by atoms with van der Waals surface area (Å²) >= 11 is 0. The zero-order chi connectivity index (χ0) is 29.7. The highest BCUT2D eigenvalue weighted by Gasteiger charge is 2.38. The van der Waals surface area contributed by atoms with Crippen molar-refractivity contribution in [1.29, 1.82) is 0 Å². The molecule has 1 aromatic heterocycles. The molecular formula is C26H27F3N4O6S. The van der Waals surface area contributed by atoms with E-state index in [0.717, 1.165) is 12.2 Å². The Morgan fingerprint density at radius 1 is 1.02 bits per heavy atom. The van der Waals surface area contributed by atoms with Crippen LogP contribution in [0.25, 0.3) is 0 Å². The molecule has 40 heavy (non-hydrogen) atoms. The van der Waals surface area contributed by atoms with Gasteiger partial charge in [0, 0.05) is 37.6 Å². The van der Waals surface area contributed by atoms with Crippen molar-refractivity contribution in [2.45, 2.75) is 31.0 Å². The number of carboxylic acid groups (broad SMARTS) is 2. The van der Waals surface area contributed by atoms with E-state index in [0.29, 0.717) is 18.9 Å². The number of benzene rings is 2. The largest absolute Gasteiger partial charge is 0.490 e. The second-order valence-corrected chi connectivity index (χ2v) is 10.6. The minimum atomic E-state index is -5.08. The third kappa shape index (κ3) is 7.62. The average Bonchev–Trinajstić information content (AvgIpc) is 2.88. The van der Waals surface area contributed by atoms with E-state index >= 15 is 0 Å². The lowest BCUT2D eigenvalue weighted by atomic mass is 10.1. The summed E-state index contributed by atoms with van der Waals surface area (Å²) in [5, 5.41) is 16.5. The van der Waals surface area contributed by atoms with Gasteiger partial charge in [-0.25, -0.2) is 23.0 Å². The summed E-state index contributed by atoms with van der Waals surface area (Å²) in [7, 11) is -3.91. The maximum absolute atomic E-state index is 12.9. The fourth-order valence-electron chi connectivity index (χ4n) is 4.05. The number of aryl methyl sites for hydroxylation is 1. The maximum Gasteiger partial charge on any atom is 0.490 e. The van der Waals surface area contributed by atoms with Crippen molar-refractivity contribution >= 4 is 39.2 Å². The molecule has 2 heterocycles. The van der Waals surface area contributed by atoms with Crippen molar-refractivity contribution in [3.8, 4) is 0 Å². The molecule has 0 spiro atoms. The summed E-state index contributed by atoms with van der Waals surface area (Å²) in [5.41, 5.74) is 2.39. The van der Waals surface area contributed by atoms with Crippen LogP contribution in [0.4, 0.5) is 30.4 Å². The van der Waals surface area contributed by atoms with Gasteiger partial charge in [-0.3, -0.25) is 4.72 Å². The predicted molar refractivity (Wildman–Crippen MR) is 142 cm³/mol. The molecule has 214 valence electrons. The highest BCUT2D eigenvalue weighted by atomic mass is 32.2. The van der Waals surface area contributed by atoms with Gasteiger partial charge in [-0.1, -0.05) is 30.3 Å². The molecule has 1 aliphatic rings. The molecule has 0 radical (unpaired) electrons. The van der Waals surface area contributed by atoms with Crippen LogP contribution in [0.3, 0.4) is 0 Å². The fourth-order valence-corrected chi connectivity index (χ4v) is 5.12. The number of rotatable bonds is 6. The zero-order valence-corrected chi connectivity index (χ0v) is 22.3. The average molecular weight is 581 g/mol. The van der Waals surface area contributed by atoms with Crippen molar-refractivity contribution in [2.24, 2.45) is 0 Å². The first kappa shape index (κ1) is 30.2. The van der Waals surface area contributed by atoms with Crippen molar-refractivity contribution in [3.05, 3.63) is 78.0 Å². The van der Waals surface area contributed by atoms with Crippen molar-refractivity contribution in [2.75, 3.05) is 34.2 Å². The summed E-state index contributed by atoms with van der Waals surface area (Å²) in [6.45, 7) is 6.10. The number of alkyl halides is 3. The Hall–Kier alpha value is -4.33. The van der Waals surface area contributed by atoms with Crippen molar-refractivity contribution in [3.63, 3.8) is 0 Å². The molecule has 1 atom stereocenters. The lowest BCUT2D eigenvalue weighted by Gasteiger charge is -2.42. The molecule has 0 bridgehead atoms. The Bertz CT molecular complexity index is 1470. The number of halogens is 3. The normalized spacial score (nSPS) is 15.6. The molecule has 1 unspecified atom stereocenters. The van der Waals surface area contributed by atoms with E-state index in [9.17, 15) is 31.5 Å². The quantitative estimate of drug-likeness (QED) is 0.391. The lowest BCUT2D eigenvalue weighted by molar-refractivity contribution is -0.192. The molecule has 3 N–H and O–H groups in total. The van der Waals surface area contributed by atoms with E-state index in [1.54, 1.807) is 18.2 Å². The number of carbonyl (C=O) groups is 2. The van der Waals surface area contributed by atoms with E-state index < -0.39 is 28.1 Å². The van der Waals surface area contributed by atoms with Crippen LogP contribution >= 0.6 is 0 Å². The minimum Gasteiger partial charge on any atom is -0.478 e.